The Hall–Kier alpha value is -3.45. The van der Waals surface area contributed by atoms with Gasteiger partial charge < -0.3 is 5.11 Å². The summed E-state index contributed by atoms with van der Waals surface area (Å²) in [4.78, 5) is 13.7. The summed E-state index contributed by atoms with van der Waals surface area (Å²) in [6.45, 7) is 0. The molecular formula is C22H16FNO4S. The molecule has 7 heteroatoms. The van der Waals surface area contributed by atoms with Gasteiger partial charge in [-0.2, -0.15) is 0 Å². The number of aliphatic hydroxyl groups is 1. The van der Waals surface area contributed by atoms with Gasteiger partial charge in [-0.15, -0.1) is 0 Å². The van der Waals surface area contributed by atoms with Crippen LogP contribution >= 0.6 is 0 Å². The van der Waals surface area contributed by atoms with Crippen molar-refractivity contribution in [3.63, 3.8) is 0 Å². The van der Waals surface area contributed by atoms with Gasteiger partial charge in [0, 0.05) is 5.69 Å². The lowest BCUT2D eigenvalue weighted by Crippen LogP contribution is -2.31. The normalized spacial score (nSPS) is 17.1. The highest BCUT2D eigenvalue weighted by atomic mass is 32.2. The summed E-state index contributed by atoms with van der Waals surface area (Å²) in [5.41, 5.74) is 0.777. The third kappa shape index (κ3) is 3.19. The van der Waals surface area contributed by atoms with Crippen LogP contribution in [0.15, 0.2) is 100 Å². The van der Waals surface area contributed by atoms with Crippen LogP contribution in [0.4, 0.5) is 10.1 Å². The Morgan fingerprint density at radius 1 is 0.828 bits per heavy atom. The van der Waals surface area contributed by atoms with Crippen LogP contribution < -0.4 is 4.90 Å². The monoisotopic (exact) mass is 409 g/mol. The fraction of sp³-hybridized carbons (Fsp3) is 0.0455. The first-order valence-electron chi connectivity index (χ1n) is 8.78. The molecule has 0 radical (unpaired) electrons. The van der Waals surface area contributed by atoms with Gasteiger partial charge in [0.25, 0.3) is 5.91 Å². The third-order valence-electron chi connectivity index (χ3n) is 4.72. The fourth-order valence-corrected chi connectivity index (χ4v) is 5.03. The predicted molar refractivity (Wildman–Crippen MR) is 106 cm³/mol. The number of para-hydroxylation sites is 1. The number of sulfone groups is 1. The minimum absolute atomic E-state index is 0.0450. The van der Waals surface area contributed by atoms with Gasteiger partial charge in [0.05, 0.1) is 4.90 Å². The molecule has 1 unspecified atom stereocenters. The zero-order valence-corrected chi connectivity index (χ0v) is 15.9. The second kappa shape index (κ2) is 7.18. The molecule has 0 spiro atoms. The van der Waals surface area contributed by atoms with Crippen molar-refractivity contribution in [2.45, 2.75) is 10.9 Å². The lowest BCUT2D eigenvalue weighted by molar-refractivity contribution is -0.117. The number of carbonyl (C=O) groups excluding carboxylic acids is 1. The predicted octanol–water partition coefficient (Wildman–Crippen LogP) is 4.16. The summed E-state index contributed by atoms with van der Waals surface area (Å²) >= 11 is 0. The van der Waals surface area contributed by atoms with Crippen LogP contribution in [0.3, 0.4) is 0 Å². The van der Waals surface area contributed by atoms with Crippen molar-refractivity contribution in [1.29, 1.82) is 0 Å². The maximum Gasteiger partial charge on any atom is 0.295 e. The number of halogens is 1. The van der Waals surface area contributed by atoms with E-state index in [0.29, 0.717) is 11.3 Å². The van der Waals surface area contributed by atoms with E-state index in [4.69, 9.17) is 0 Å². The number of benzene rings is 3. The molecule has 1 aliphatic heterocycles. The molecule has 1 atom stereocenters. The van der Waals surface area contributed by atoms with Crippen molar-refractivity contribution in [2.24, 2.45) is 0 Å². The Bertz CT molecular complexity index is 1190. The molecule has 4 rings (SSSR count). The molecule has 3 aromatic carbocycles. The molecule has 0 saturated heterocycles. The topological polar surface area (TPSA) is 74.7 Å². The lowest BCUT2D eigenvalue weighted by Gasteiger charge is -2.27. The summed E-state index contributed by atoms with van der Waals surface area (Å²) < 4.78 is 40.2. The number of amides is 1. The van der Waals surface area contributed by atoms with Crippen molar-refractivity contribution in [3.8, 4) is 0 Å². The Morgan fingerprint density at radius 3 is 1.97 bits per heavy atom. The van der Waals surface area contributed by atoms with Gasteiger partial charge in [0.15, 0.2) is 5.76 Å². The first-order valence-corrected chi connectivity index (χ1v) is 10.3. The highest BCUT2D eigenvalue weighted by Gasteiger charge is 2.47. The minimum atomic E-state index is -4.20. The lowest BCUT2D eigenvalue weighted by atomic mass is 10.1. The highest BCUT2D eigenvalue weighted by molar-refractivity contribution is 7.95. The van der Waals surface area contributed by atoms with Crippen LogP contribution in [0.25, 0.3) is 0 Å². The van der Waals surface area contributed by atoms with E-state index in [1.54, 1.807) is 48.5 Å². The summed E-state index contributed by atoms with van der Waals surface area (Å²) in [6, 6.07) is 20.1. The molecule has 1 heterocycles. The molecule has 146 valence electrons. The molecule has 0 bridgehead atoms. The van der Waals surface area contributed by atoms with Crippen molar-refractivity contribution >= 4 is 21.4 Å². The van der Waals surface area contributed by atoms with E-state index in [1.807, 2.05) is 0 Å². The standard InChI is InChI=1S/C22H16FNO4S/c23-16-13-11-15(12-14-16)19-21(29(27,28)18-9-5-2-6-10-18)20(25)22(26)24(19)17-7-3-1-4-8-17/h1-14,19,25H. The van der Waals surface area contributed by atoms with Crippen LogP contribution in [0.2, 0.25) is 0 Å². The van der Waals surface area contributed by atoms with Crippen molar-refractivity contribution < 1.29 is 22.7 Å². The zero-order valence-electron chi connectivity index (χ0n) is 15.1. The average molecular weight is 409 g/mol. The fourth-order valence-electron chi connectivity index (χ4n) is 3.38. The molecule has 0 saturated carbocycles. The van der Waals surface area contributed by atoms with Gasteiger partial charge in [-0.25, -0.2) is 12.8 Å². The van der Waals surface area contributed by atoms with Gasteiger partial charge >= 0.3 is 0 Å². The van der Waals surface area contributed by atoms with Gasteiger partial charge in [0.2, 0.25) is 9.84 Å². The van der Waals surface area contributed by atoms with Crippen molar-refractivity contribution in [2.75, 3.05) is 4.90 Å². The summed E-state index contributed by atoms with van der Waals surface area (Å²) in [5, 5.41) is 10.6. The maximum atomic E-state index is 13.5. The van der Waals surface area contributed by atoms with E-state index in [-0.39, 0.29) is 4.90 Å². The minimum Gasteiger partial charge on any atom is -0.502 e. The van der Waals surface area contributed by atoms with Gasteiger partial charge in [-0.3, -0.25) is 9.69 Å². The number of hydrogen-bond donors (Lipinski definition) is 1. The van der Waals surface area contributed by atoms with Crippen molar-refractivity contribution in [1.82, 2.24) is 0 Å². The van der Waals surface area contributed by atoms with Gasteiger partial charge in [0.1, 0.15) is 16.8 Å². The molecule has 1 aliphatic rings. The Morgan fingerprint density at radius 2 is 1.38 bits per heavy atom. The smallest absolute Gasteiger partial charge is 0.295 e. The zero-order chi connectivity index (χ0) is 20.6. The SMILES string of the molecule is O=C1C(O)=C(S(=O)(=O)c2ccccc2)C(c2ccc(F)cc2)N1c1ccccc1. The molecule has 0 aliphatic carbocycles. The van der Waals surface area contributed by atoms with E-state index < -0.39 is 38.3 Å². The van der Waals surface area contributed by atoms with Gasteiger partial charge in [-0.05, 0) is 42.0 Å². The second-order valence-corrected chi connectivity index (χ2v) is 8.41. The van der Waals surface area contributed by atoms with Crippen LogP contribution in [-0.2, 0) is 14.6 Å². The number of hydrogen-bond acceptors (Lipinski definition) is 4. The molecule has 1 amide bonds. The van der Waals surface area contributed by atoms with Gasteiger partial charge in [-0.1, -0.05) is 48.5 Å². The maximum absolute atomic E-state index is 13.5. The van der Waals surface area contributed by atoms with Crippen molar-refractivity contribution in [3.05, 3.63) is 107 Å². The highest BCUT2D eigenvalue weighted by Crippen LogP contribution is 2.44. The number of carbonyl (C=O) groups is 1. The summed E-state index contributed by atoms with van der Waals surface area (Å²) in [6.07, 6.45) is 0. The molecular weight excluding hydrogens is 393 g/mol. The number of nitrogens with zero attached hydrogens (tertiary/aromatic N) is 1. The summed E-state index contributed by atoms with van der Waals surface area (Å²) in [7, 11) is -4.20. The van der Waals surface area contributed by atoms with E-state index in [0.717, 1.165) is 0 Å². The molecule has 3 aromatic rings. The van der Waals surface area contributed by atoms with Crippen LogP contribution in [0.1, 0.15) is 11.6 Å². The molecule has 1 N–H and O–H groups in total. The van der Waals surface area contributed by atoms with Crippen LogP contribution in [-0.4, -0.2) is 19.4 Å². The third-order valence-corrected chi connectivity index (χ3v) is 6.61. The number of rotatable bonds is 4. The molecule has 0 fully saturated rings. The Labute approximate surface area is 167 Å². The molecule has 0 aromatic heterocycles. The first kappa shape index (κ1) is 18.9. The molecule has 29 heavy (non-hydrogen) atoms. The Balaban J connectivity index is 1.95. The van der Waals surface area contributed by atoms with E-state index in [9.17, 15) is 22.7 Å². The molecule has 5 nitrogen and oxygen atoms in total. The number of aliphatic hydroxyl groups excluding tert-OH is 1. The van der Waals surface area contributed by atoms with Crippen LogP contribution in [0.5, 0.6) is 0 Å². The van der Waals surface area contributed by atoms with E-state index in [1.165, 1.54) is 41.3 Å². The second-order valence-electron chi connectivity index (χ2n) is 6.49. The van der Waals surface area contributed by atoms with E-state index >= 15 is 0 Å². The average Bonchev–Trinajstić information content (AvgIpc) is 3.01. The summed E-state index contributed by atoms with van der Waals surface area (Å²) in [5.74, 6) is -2.17. The van der Waals surface area contributed by atoms with Crippen LogP contribution in [0, 0.1) is 5.82 Å². The first-order chi connectivity index (χ1) is 13.9. The largest absolute Gasteiger partial charge is 0.502 e. The number of anilines is 1. The quantitative estimate of drug-likeness (QED) is 0.702. The van der Waals surface area contributed by atoms with E-state index in [2.05, 4.69) is 0 Å². The Kier molecular flexibility index (Phi) is 4.68.